The lowest BCUT2D eigenvalue weighted by molar-refractivity contribution is -0.325. The number of aryl methyl sites for hydroxylation is 1. The quantitative estimate of drug-likeness (QED) is 0.0398. The molecule has 3 aromatic heterocycles. The van der Waals surface area contributed by atoms with E-state index in [1.807, 2.05) is 109 Å². The van der Waals surface area contributed by atoms with Gasteiger partial charge in [-0.15, -0.1) is 13.2 Å². The number of rotatable bonds is 27. The van der Waals surface area contributed by atoms with Gasteiger partial charge in [0.05, 0.1) is 120 Å². The van der Waals surface area contributed by atoms with Crippen molar-refractivity contribution in [1.82, 2.24) is 29.3 Å². The molecule has 4 aliphatic rings. The molecule has 7 rings (SSSR count). The van der Waals surface area contributed by atoms with E-state index < -0.39 is 18.8 Å². The molecule has 3 aromatic rings. The third-order valence-corrected chi connectivity index (χ3v) is 13.3. The lowest BCUT2D eigenvalue weighted by Crippen LogP contribution is -2.44. The van der Waals surface area contributed by atoms with Crippen molar-refractivity contribution in [2.45, 2.75) is 271 Å². The Morgan fingerprint density at radius 1 is 0.641 bits per heavy atom. The predicted molar refractivity (Wildman–Crippen MR) is 392 cm³/mol. The van der Waals surface area contributed by atoms with Gasteiger partial charge in [-0.1, -0.05) is 66.2 Å². The van der Waals surface area contributed by atoms with Crippen LogP contribution in [0.5, 0.6) is 6.01 Å². The molecule has 0 spiro atoms. The first-order valence-corrected chi connectivity index (χ1v) is 36.1. The number of alkyl halides is 7. The van der Waals surface area contributed by atoms with Crippen molar-refractivity contribution in [3.05, 3.63) is 54.6 Å². The zero-order valence-electron chi connectivity index (χ0n) is 67.5. The van der Waals surface area contributed by atoms with Gasteiger partial charge in [-0.25, -0.2) is 28.4 Å². The lowest BCUT2D eigenvalue weighted by atomic mass is 9.82. The molecular formula is C77H135F7N6O13. The van der Waals surface area contributed by atoms with E-state index in [0.717, 1.165) is 84.4 Å². The number of methoxy groups -OCH3 is 2. The second-order valence-electron chi connectivity index (χ2n) is 28.8. The molecule has 2 aliphatic heterocycles. The van der Waals surface area contributed by atoms with Gasteiger partial charge in [-0.05, 0) is 159 Å². The molecule has 2 aliphatic carbocycles. The van der Waals surface area contributed by atoms with Gasteiger partial charge in [0.2, 0.25) is 5.92 Å². The first-order valence-electron chi connectivity index (χ1n) is 36.1. The molecular weight excluding hydrogens is 1350 g/mol. The van der Waals surface area contributed by atoms with Crippen LogP contribution in [0.3, 0.4) is 0 Å². The summed E-state index contributed by atoms with van der Waals surface area (Å²) >= 11 is 0. The van der Waals surface area contributed by atoms with Crippen molar-refractivity contribution in [1.29, 1.82) is 0 Å². The zero-order chi connectivity index (χ0) is 79.4. The molecule has 0 atom stereocenters. The van der Waals surface area contributed by atoms with Gasteiger partial charge in [-0.2, -0.15) is 13.9 Å². The van der Waals surface area contributed by atoms with Crippen LogP contribution in [0.2, 0.25) is 0 Å². The largest absolute Gasteiger partial charge is 0.522 e. The highest BCUT2D eigenvalue weighted by molar-refractivity contribution is 5.84. The lowest BCUT2D eigenvalue weighted by Gasteiger charge is -2.38. The van der Waals surface area contributed by atoms with Crippen LogP contribution in [0.4, 0.5) is 30.7 Å². The fourth-order valence-corrected chi connectivity index (χ4v) is 7.35. The summed E-state index contributed by atoms with van der Waals surface area (Å²) in [5.41, 5.74) is 1.69. The number of carbonyl (C=O) groups excluding carboxylic acids is 1. The highest BCUT2D eigenvalue weighted by Crippen LogP contribution is 2.42. The van der Waals surface area contributed by atoms with Crippen LogP contribution in [0.15, 0.2) is 43.2 Å². The number of Topliss-reactive ketones (excluding diaryl/α,β-unsaturated/α-hetero) is 1. The Morgan fingerprint density at radius 2 is 1.13 bits per heavy atom. The fraction of sp³-hybridized carbons (Fsp3) is 0.805. The Kier molecular flexibility index (Phi) is 57.9. The van der Waals surface area contributed by atoms with Crippen molar-refractivity contribution in [2.75, 3.05) is 93.5 Å². The second kappa shape index (κ2) is 58.3. The predicted octanol–water partition coefficient (Wildman–Crippen LogP) is 17.3. The van der Waals surface area contributed by atoms with Crippen molar-refractivity contribution >= 4 is 5.78 Å². The molecule has 0 unspecified atom stereocenters. The number of imidazole rings is 1. The summed E-state index contributed by atoms with van der Waals surface area (Å²) < 4.78 is 146. The monoisotopic (exact) mass is 1480 g/mol. The summed E-state index contributed by atoms with van der Waals surface area (Å²) in [5.74, 6) is 12.5. The molecule has 0 aromatic carbocycles. The van der Waals surface area contributed by atoms with E-state index in [9.17, 15) is 35.5 Å². The Balaban J connectivity index is -0.00000108. The van der Waals surface area contributed by atoms with Gasteiger partial charge < -0.3 is 56.7 Å². The molecule has 103 heavy (non-hydrogen) atoms. The number of ketones is 1. The Hall–Kier alpha value is -4.84. The van der Waals surface area contributed by atoms with Crippen LogP contribution < -0.4 is 4.74 Å². The minimum atomic E-state index is -4.52. The van der Waals surface area contributed by atoms with E-state index >= 15 is 0 Å². The van der Waals surface area contributed by atoms with Crippen LogP contribution >= 0.6 is 0 Å². The van der Waals surface area contributed by atoms with Gasteiger partial charge in [0.1, 0.15) is 17.1 Å². The summed E-state index contributed by atoms with van der Waals surface area (Å²) in [6, 6.07) is 3.81. The van der Waals surface area contributed by atoms with Crippen molar-refractivity contribution in [3.63, 3.8) is 0 Å². The maximum absolute atomic E-state index is 12.3. The smallest absolute Gasteiger partial charge is 0.461 e. The van der Waals surface area contributed by atoms with E-state index in [0.29, 0.717) is 88.9 Å². The molecule has 2 saturated heterocycles. The van der Waals surface area contributed by atoms with Gasteiger partial charge in [0, 0.05) is 109 Å². The third kappa shape index (κ3) is 65.2. The van der Waals surface area contributed by atoms with E-state index in [2.05, 4.69) is 111 Å². The molecule has 0 bridgehead atoms. The van der Waals surface area contributed by atoms with Crippen molar-refractivity contribution in [2.24, 2.45) is 42.1 Å². The fourth-order valence-electron chi connectivity index (χ4n) is 7.35. The van der Waals surface area contributed by atoms with Crippen molar-refractivity contribution < 1.29 is 92.4 Å². The highest BCUT2D eigenvalue weighted by atomic mass is 19.4. The normalized spacial score (nSPS) is 15.1. The first kappa shape index (κ1) is 102. The highest BCUT2D eigenvalue weighted by Gasteiger charge is 2.45. The van der Waals surface area contributed by atoms with Gasteiger partial charge in [0.25, 0.3) is 0 Å². The van der Waals surface area contributed by atoms with Crippen LogP contribution in [-0.4, -0.2) is 189 Å². The maximum atomic E-state index is 12.3. The molecule has 4 fully saturated rings. The molecule has 0 amide bonds. The minimum absolute atomic E-state index is 0.0136. The molecule has 26 heteroatoms. The molecule has 2 saturated carbocycles. The third-order valence-electron chi connectivity index (χ3n) is 13.3. The molecule has 5 heterocycles. The summed E-state index contributed by atoms with van der Waals surface area (Å²) in [5, 5.41) is 3.68. The standard InChI is InChI=1S/C9H12N2.C9H16O.C8H14F2O.C8H16O2.C8H14O2.C7H13F3O2.C7H10F2N2.C7H10N2O.C7H14O2.C7H16O2/c1-8(2)4-5-9-6-10-7-11(9)3;1-8(2)6-7-9(3,4)10-5;1-6(2)11-5-7-3-8(9,10)4-7;1-7(2)10-6-8(3)4-9-5-8;1-6(2)10-5-7-3-8(9)4-7;1-6(2)11-4-3-5-12-7(8,9)10;1-5(2)6-3-4-11(10-6)7(8)9;1-6(2)10-7-8-4-3-5-9-7;1-6(2)9-5-7-3-8-4-7;1-7(2)9-6-4-5-8-3/h6-8H,1-3H3;8H,1-5H3;6-7H,3-5H2,1-2H3;7H,4-6H2,1-3H3;6-7H,3-5H2,1-2H3;6H,3-5H2,1-2H3;3-5,7H,1-2H3;3-6H,1-2H3;6-7H,3-5H2,1-2H3;7H,4-6H2,1-3H3. The van der Waals surface area contributed by atoms with Crippen LogP contribution in [0.1, 0.15) is 222 Å². The van der Waals surface area contributed by atoms with E-state index in [1.54, 1.807) is 51.3 Å². The Bertz CT molecular complexity index is 2590. The second-order valence-corrected chi connectivity index (χ2v) is 28.8. The topological polar surface area (TPSA) is 189 Å². The molecule has 0 radical (unpaired) electrons. The molecule has 600 valence electrons. The van der Waals surface area contributed by atoms with Gasteiger partial charge in [0.15, 0.2) is 0 Å². The SMILES string of the molecule is CC(C)C#Cc1cncn1C.CC(C)OCC1(C)COC1.CC(C)OCC1CC(=O)C1.CC(C)OCC1CC(F)(F)C1.CC(C)OCC1COC1.CC(C)OCCCOC(F)(F)F.CC(C)Oc1ncccn1.CC(C)c1ccn(C(F)F)n1.COC(C)(C)C#CC(C)C.COCCCOC(C)C. The maximum Gasteiger partial charge on any atom is 0.522 e. The Morgan fingerprint density at radius 3 is 1.47 bits per heavy atom. The summed E-state index contributed by atoms with van der Waals surface area (Å²) in [4.78, 5) is 22.2. The van der Waals surface area contributed by atoms with Gasteiger partial charge >= 0.3 is 18.9 Å². The summed E-state index contributed by atoms with van der Waals surface area (Å²) in [6.07, 6.45) is 8.10. The summed E-state index contributed by atoms with van der Waals surface area (Å²) in [7, 11) is 5.32. The Labute approximate surface area is 615 Å². The number of nitrogens with zero attached hydrogens (tertiary/aromatic N) is 6. The summed E-state index contributed by atoms with van der Waals surface area (Å²) in [6.45, 7) is 51.4. The van der Waals surface area contributed by atoms with Crippen LogP contribution in [0, 0.1) is 58.7 Å². The number of hydrogen-bond acceptors (Lipinski definition) is 17. The molecule has 19 nitrogen and oxygen atoms in total. The zero-order valence-corrected chi connectivity index (χ0v) is 67.5. The van der Waals surface area contributed by atoms with Gasteiger partial charge in [-0.3, -0.25) is 9.53 Å². The average Bonchev–Trinajstić information content (AvgIpc) is 1.84. The number of halogens is 7. The van der Waals surface area contributed by atoms with E-state index in [1.165, 1.54) is 6.20 Å². The molecule has 0 N–H and O–H groups in total. The van der Waals surface area contributed by atoms with Crippen LogP contribution in [0.25, 0.3) is 0 Å². The average molecular weight is 1490 g/mol. The number of aromatic nitrogens is 6. The van der Waals surface area contributed by atoms with E-state index in [4.69, 9.17) is 52.1 Å². The first-order chi connectivity index (χ1) is 47.8. The number of carbonyl (C=O) groups is 1. The number of hydrogen-bond donors (Lipinski definition) is 0. The number of ether oxygens (including phenoxy) is 12. The van der Waals surface area contributed by atoms with E-state index in [-0.39, 0.29) is 61.6 Å². The minimum Gasteiger partial charge on any atom is -0.461 e. The van der Waals surface area contributed by atoms with Crippen LogP contribution in [-0.2, 0) is 63.9 Å². The van der Waals surface area contributed by atoms with Crippen molar-refractivity contribution in [3.8, 4) is 29.7 Å².